The van der Waals surface area contributed by atoms with Gasteiger partial charge >= 0.3 is 5.97 Å². The molecule has 10 heteroatoms. The van der Waals surface area contributed by atoms with E-state index in [0.717, 1.165) is 3.97 Å². The number of aryl methyl sites for hydroxylation is 1. The summed E-state index contributed by atoms with van der Waals surface area (Å²) >= 11 is 0. The monoisotopic (exact) mass is 466 g/mol. The summed E-state index contributed by atoms with van der Waals surface area (Å²) < 4.78 is 44.6. The van der Waals surface area contributed by atoms with E-state index in [1.165, 1.54) is 18.3 Å². The topological polar surface area (TPSA) is 117 Å². The summed E-state index contributed by atoms with van der Waals surface area (Å²) in [6.45, 7) is 0.0386. The molecule has 9 nitrogen and oxygen atoms in total. The number of aromatic nitrogens is 2. The lowest BCUT2D eigenvalue weighted by atomic mass is 10.1. The van der Waals surface area contributed by atoms with Crippen LogP contribution in [0.25, 0.3) is 10.9 Å². The fourth-order valence-electron chi connectivity index (χ4n) is 3.61. The van der Waals surface area contributed by atoms with E-state index in [-0.39, 0.29) is 24.5 Å². The predicted molar refractivity (Wildman–Crippen MR) is 117 cm³/mol. The number of carboxylic acids is 1. The molecule has 2 aromatic carbocycles. The van der Waals surface area contributed by atoms with E-state index in [1.54, 1.807) is 48.7 Å². The van der Waals surface area contributed by atoms with Crippen molar-refractivity contribution in [1.29, 1.82) is 0 Å². The predicted octanol–water partition coefficient (Wildman–Crippen LogP) is 3.81. The maximum absolute atomic E-state index is 13.5. The summed E-state index contributed by atoms with van der Waals surface area (Å²) in [4.78, 5) is 15.2. The number of aliphatic carboxylic acids is 1. The first-order valence-corrected chi connectivity index (χ1v) is 11.5. The SMILES string of the molecule is O=C(O)CCc1cn(S(=O)(=O)c2ccc(Oc3ccccn3)cc2)c2cc3c(cc12)OCO3. The zero-order chi connectivity index (χ0) is 23.0. The second kappa shape index (κ2) is 8.14. The normalized spacial score (nSPS) is 12.7. The molecule has 4 aromatic rings. The molecule has 0 fully saturated rings. The molecule has 3 heterocycles. The largest absolute Gasteiger partial charge is 0.481 e. The molecule has 0 saturated carbocycles. The molecular weight excluding hydrogens is 448 g/mol. The second-order valence-corrected chi connectivity index (χ2v) is 9.13. The van der Waals surface area contributed by atoms with Crippen LogP contribution in [0.4, 0.5) is 0 Å². The number of hydrogen-bond donors (Lipinski definition) is 1. The van der Waals surface area contributed by atoms with Gasteiger partial charge in [-0.1, -0.05) is 6.07 Å². The minimum Gasteiger partial charge on any atom is -0.481 e. The van der Waals surface area contributed by atoms with Crippen molar-refractivity contribution in [3.05, 3.63) is 72.6 Å². The summed E-state index contributed by atoms with van der Waals surface area (Å²) in [5, 5.41) is 9.69. The molecule has 2 aromatic heterocycles. The zero-order valence-corrected chi connectivity index (χ0v) is 18.0. The molecule has 168 valence electrons. The smallest absolute Gasteiger partial charge is 0.303 e. The van der Waals surface area contributed by atoms with Crippen LogP contribution in [0, 0.1) is 0 Å². The number of nitrogens with zero attached hydrogens (tertiary/aromatic N) is 2. The number of benzene rings is 2. The molecule has 5 rings (SSSR count). The van der Waals surface area contributed by atoms with Crippen molar-refractivity contribution in [2.45, 2.75) is 17.7 Å². The molecule has 0 saturated heterocycles. The Labute approximate surface area is 188 Å². The number of fused-ring (bicyclic) bond motifs is 2. The van der Waals surface area contributed by atoms with Gasteiger partial charge in [-0.15, -0.1) is 0 Å². The quantitative estimate of drug-likeness (QED) is 0.437. The Kier molecular flexibility index (Phi) is 5.14. The molecule has 0 radical (unpaired) electrons. The average Bonchev–Trinajstić information content (AvgIpc) is 3.41. The fourth-order valence-corrected chi connectivity index (χ4v) is 5.00. The van der Waals surface area contributed by atoms with Gasteiger partial charge in [-0.25, -0.2) is 17.4 Å². The van der Waals surface area contributed by atoms with Gasteiger partial charge in [0.05, 0.1) is 10.4 Å². The molecular formula is C23H18N2O7S. The van der Waals surface area contributed by atoms with Gasteiger partial charge in [0.2, 0.25) is 12.7 Å². The van der Waals surface area contributed by atoms with Crippen molar-refractivity contribution in [2.75, 3.05) is 6.79 Å². The van der Waals surface area contributed by atoms with E-state index in [9.17, 15) is 13.2 Å². The highest BCUT2D eigenvalue weighted by molar-refractivity contribution is 7.90. The third-order valence-corrected chi connectivity index (χ3v) is 6.88. The molecule has 1 aliphatic heterocycles. The van der Waals surface area contributed by atoms with Crippen LogP contribution >= 0.6 is 0 Å². The highest BCUT2D eigenvalue weighted by Crippen LogP contribution is 2.39. The van der Waals surface area contributed by atoms with E-state index < -0.39 is 16.0 Å². The number of rotatable bonds is 7. The van der Waals surface area contributed by atoms with E-state index >= 15 is 0 Å². The molecule has 33 heavy (non-hydrogen) atoms. The zero-order valence-electron chi connectivity index (χ0n) is 17.2. The fraction of sp³-hybridized carbons (Fsp3) is 0.130. The van der Waals surface area contributed by atoms with Gasteiger partial charge < -0.3 is 19.3 Å². The average molecular weight is 466 g/mol. The number of hydrogen-bond acceptors (Lipinski definition) is 7. The Morgan fingerprint density at radius 3 is 2.55 bits per heavy atom. The third-order valence-electron chi connectivity index (χ3n) is 5.20. The Balaban J connectivity index is 1.54. The van der Waals surface area contributed by atoms with Crippen molar-refractivity contribution in [3.63, 3.8) is 0 Å². The lowest BCUT2D eigenvalue weighted by Crippen LogP contribution is -2.11. The van der Waals surface area contributed by atoms with Crippen LogP contribution in [0.1, 0.15) is 12.0 Å². The number of pyridine rings is 1. The van der Waals surface area contributed by atoms with E-state index in [1.807, 2.05) is 0 Å². The molecule has 0 amide bonds. The van der Waals surface area contributed by atoms with E-state index in [0.29, 0.717) is 39.6 Å². The summed E-state index contributed by atoms with van der Waals surface area (Å²) in [7, 11) is -3.99. The van der Waals surface area contributed by atoms with Gasteiger partial charge in [0, 0.05) is 36.3 Å². The molecule has 0 atom stereocenters. The molecule has 0 spiro atoms. The van der Waals surface area contributed by atoms with E-state index in [2.05, 4.69) is 4.98 Å². The first-order valence-electron chi connectivity index (χ1n) is 10.0. The third kappa shape index (κ3) is 3.96. The standard InChI is InChI=1S/C23H18N2O7S/c26-23(27)9-4-15-13-25(19-12-21-20(11-18(15)19)30-14-31-21)33(28,29)17-7-5-16(6-8-17)32-22-3-1-2-10-24-22/h1-3,5-8,10-13H,4,9,14H2,(H,26,27). The van der Waals surface area contributed by atoms with Crippen LogP contribution in [0.15, 0.2) is 71.9 Å². The van der Waals surface area contributed by atoms with Crippen LogP contribution in [0.5, 0.6) is 23.1 Å². The molecule has 1 N–H and O–H groups in total. The molecule has 0 bridgehead atoms. The van der Waals surface area contributed by atoms with Crippen molar-refractivity contribution >= 4 is 26.9 Å². The Hall–Kier alpha value is -4.05. The van der Waals surface area contributed by atoms with E-state index in [4.69, 9.17) is 19.3 Å². The summed E-state index contributed by atoms with van der Waals surface area (Å²) in [6, 6.07) is 14.5. The second-order valence-electron chi connectivity index (χ2n) is 7.31. The maximum Gasteiger partial charge on any atom is 0.303 e. The molecule has 0 aliphatic carbocycles. The van der Waals surface area contributed by atoms with Gasteiger partial charge in [-0.3, -0.25) is 4.79 Å². The van der Waals surface area contributed by atoms with Crippen molar-refractivity contribution in [1.82, 2.24) is 8.96 Å². The Bertz CT molecular complexity index is 1450. The lowest BCUT2D eigenvalue weighted by molar-refractivity contribution is -0.136. The first-order chi connectivity index (χ1) is 15.9. The van der Waals surface area contributed by atoms with Crippen molar-refractivity contribution < 1.29 is 32.5 Å². The minimum absolute atomic E-state index is 0.0386. The minimum atomic E-state index is -3.99. The highest BCUT2D eigenvalue weighted by Gasteiger charge is 2.25. The van der Waals surface area contributed by atoms with Crippen LogP contribution in [-0.2, 0) is 21.2 Å². The number of carboxylic acid groups (broad SMARTS) is 1. The summed E-state index contributed by atoms with van der Waals surface area (Å²) in [6.07, 6.45) is 3.09. The van der Waals surface area contributed by atoms with Gasteiger partial charge in [-0.2, -0.15) is 0 Å². The Morgan fingerprint density at radius 2 is 1.85 bits per heavy atom. The molecule has 1 aliphatic rings. The Morgan fingerprint density at radius 1 is 1.09 bits per heavy atom. The van der Waals surface area contributed by atoms with Gasteiger partial charge in [0.1, 0.15) is 5.75 Å². The van der Waals surface area contributed by atoms with Crippen LogP contribution in [0.2, 0.25) is 0 Å². The van der Waals surface area contributed by atoms with Crippen molar-refractivity contribution in [2.24, 2.45) is 0 Å². The van der Waals surface area contributed by atoms with Gasteiger partial charge in [-0.05, 0) is 48.4 Å². The van der Waals surface area contributed by atoms with Gasteiger partial charge in [0.25, 0.3) is 10.0 Å². The first kappa shape index (κ1) is 20.8. The maximum atomic E-state index is 13.5. The van der Waals surface area contributed by atoms with Crippen LogP contribution < -0.4 is 14.2 Å². The highest BCUT2D eigenvalue weighted by atomic mass is 32.2. The lowest BCUT2D eigenvalue weighted by Gasteiger charge is -2.09. The number of carbonyl (C=O) groups is 1. The van der Waals surface area contributed by atoms with Crippen LogP contribution in [0.3, 0.4) is 0 Å². The van der Waals surface area contributed by atoms with Crippen molar-refractivity contribution in [3.8, 4) is 23.1 Å². The number of ether oxygens (including phenoxy) is 3. The molecule has 0 unspecified atom stereocenters. The summed E-state index contributed by atoms with van der Waals surface area (Å²) in [5.74, 6) is 0.786. The summed E-state index contributed by atoms with van der Waals surface area (Å²) in [5.41, 5.74) is 0.970. The van der Waals surface area contributed by atoms with Gasteiger partial charge in [0.15, 0.2) is 11.5 Å². The van der Waals surface area contributed by atoms with Crippen LogP contribution in [-0.4, -0.2) is 35.2 Å².